The van der Waals surface area contributed by atoms with Crippen LogP contribution in [0.5, 0.6) is 5.75 Å². The summed E-state index contributed by atoms with van der Waals surface area (Å²) in [6.45, 7) is 0. The lowest BCUT2D eigenvalue weighted by Gasteiger charge is -2.70. The van der Waals surface area contributed by atoms with Gasteiger partial charge in [-0.05, 0) is 37.5 Å². The molecule has 0 spiro atoms. The quantitative estimate of drug-likeness (QED) is 0.339. The number of ether oxygens (including phenoxy) is 1. The Kier molecular flexibility index (Phi) is 5.08. The lowest BCUT2D eigenvalue weighted by molar-refractivity contribution is -0.385. The summed E-state index contributed by atoms with van der Waals surface area (Å²) in [4.78, 5) is 47.4. The molecule has 2 bridgehead atoms. The molecule has 0 unspecified atom stereocenters. The number of nitro benzene ring substituents is 1. The molecular weight excluding hydrogens is 418 g/mol. The van der Waals surface area contributed by atoms with Crippen LogP contribution in [0.15, 0.2) is 42.5 Å². The Morgan fingerprint density at radius 3 is 2.38 bits per heavy atom. The highest BCUT2D eigenvalue weighted by Crippen LogP contribution is 2.60. The van der Waals surface area contributed by atoms with Crippen molar-refractivity contribution < 1.29 is 29.2 Å². The van der Waals surface area contributed by atoms with Gasteiger partial charge in [-0.3, -0.25) is 19.7 Å². The predicted molar refractivity (Wildman–Crippen MR) is 111 cm³/mol. The minimum Gasteiger partial charge on any atom is -0.508 e. The number of carbonyl (C=O) groups excluding carboxylic acids is 3. The molecule has 3 aliphatic rings. The SMILES string of the molecule is COC(=O)c1ccc(C(=O)NC23CC(NC(=O)Cc4ccccc4O)(C2)C3)c([N+](=O)[O-])c1. The van der Waals surface area contributed by atoms with Crippen molar-refractivity contribution in [3.05, 3.63) is 69.3 Å². The first-order chi connectivity index (χ1) is 15.2. The van der Waals surface area contributed by atoms with Crippen LogP contribution in [0.3, 0.4) is 0 Å². The molecule has 2 amide bonds. The Balaban J connectivity index is 1.37. The van der Waals surface area contributed by atoms with Gasteiger partial charge < -0.3 is 20.5 Å². The number of hydrogen-bond donors (Lipinski definition) is 3. The van der Waals surface area contributed by atoms with Gasteiger partial charge in [0.15, 0.2) is 0 Å². The molecule has 0 aliphatic heterocycles. The fourth-order valence-corrected chi connectivity index (χ4v) is 4.65. The van der Waals surface area contributed by atoms with E-state index in [0.717, 1.165) is 13.2 Å². The van der Waals surface area contributed by atoms with Crippen LogP contribution in [0.4, 0.5) is 5.69 Å². The Bertz CT molecular complexity index is 1120. The summed E-state index contributed by atoms with van der Waals surface area (Å²) in [7, 11) is 1.16. The number of rotatable bonds is 7. The van der Waals surface area contributed by atoms with Crippen molar-refractivity contribution >= 4 is 23.5 Å². The van der Waals surface area contributed by atoms with E-state index in [0.29, 0.717) is 24.8 Å². The highest BCUT2D eigenvalue weighted by Gasteiger charge is 2.69. The Hall–Kier alpha value is -3.95. The highest BCUT2D eigenvalue weighted by atomic mass is 16.6. The van der Waals surface area contributed by atoms with Gasteiger partial charge in [-0.2, -0.15) is 0 Å². The monoisotopic (exact) mass is 439 g/mol. The second-order valence-electron chi connectivity index (χ2n) is 8.38. The maximum atomic E-state index is 12.7. The number of methoxy groups -OCH3 is 1. The number of amides is 2. The number of benzene rings is 2. The van der Waals surface area contributed by atoms with Crippen LogP contribution in [0.2, 0.25) is 0 Å². The third-order valence-electron chi connectivity index (χ3n) is 6.02. The average molecular weight is 439 g/mol. The van der Waals surface area contributed by atoms with Gasteiger partial charge in [0.25, 0.3) is 11.6 Å². The largest absolute Gasteiger partial charge is 0.508 e. The topological polar surface area (TPSA) is 148 Å². The summed E-state index contributed by atoms with van der Waals surface area (Å²) in [5.74, 6) is -1.51. The number of nitrogens with zero attached hydrogens (tertiary/aromatic N) is 1. The highest BCUT2D eigenvalue weighted by molar-refractivity contribution is 6.01. The summed E-state index contributed by atoms with van der Waals surface area (Å²) >= 11 is 0. The van der Waals surface area contributed by atoms with Crippen LogP contribution in [0.1, 0.15) is 45.5 Å². The second-order valence-corrected chi connectivity index (χ2v) is 8.38. The van der Waals surface area contributed by atoms with Gasteiger partial charge in [-0.25, -0.2) is 4.79 Å². The van der Waals surface area contributed by atoms with E-state index in [4.69, 9.17) is 0 Å². The normalized spacial score (nSPS) is 22.7. The van der Waals surface area contributed by atoms with E-state index in [-0.39, 0.29) is 29.2 Å². The van der Waals surface area contributed by atoms with Crippen LogP contribution in [-0.2, 0) is 16.0 Å². The lowest BCUT2D eigenvalue weighted by Crippen LogP contribution is -2.83. The lowest BCUT2D eigenvalue weighted by atomic mass is 9.44. The fraction of sp³-hybridized carbons (Fsp3) is 0.318. The maximum absolute atomic E-state index is 12.7. The summed E-state index contributed by atoms with van der Waals surface area (Å²) in [6, 6.07) is 10.2. The van der Waals surface area contributed by atoms with E-state index >= 15 is 0 Å². The maximum Gasteiger partial charge on any atom is 0.338 e. The van der Waals surface area contributed by atoms with E-state index in [1.165, 1.54) is 18.2 Å². The van der Waals surface area contributed by atoms with E-state index in [2.05, 4.69) is 15.4 Å². The number of nitrogens with one attached hydrogen (secondary N) is 2. The summed E-state index contributed by atoms with van der Waals surface area (Å²) in [6.07, 6.45) is 1.61. The molecule has 3 saturated carbocycles. The summed E-state index contributed by atoms with van der Waals surface area (Å²) in [5.41, 5.74) is -1.05. The molecule has 32 heavy (non-hydrogen) atoms. The van der Waals surface area contributed by atoms with Gasteiger partial charge >= 0.3 is 5.97 Å². The number of phenols is 1. The molecule has 0 atom stereocenters. The molecule has 10 nitrogen and oxygen atoms in total. The van der Waals surface area contributed by atoms with Crippen molar-refractivity contribution in [2.24, 2.45) is 0 Å². The summed E-state index contributed by atoms with van der Waals surface area (Å²) in [5, 5.41) is 27.0. The van der Waals surface area contributed by atoms with Crippen LogP contribution >= 0.6 is 0 Å². The van der Waals surface area contributed by atoms with Gasteiger partial charge in [0.2, 0.25) is 5.91 Å². The summed E-state index contributed by atoms with van der Waals surface area (Å²) < 4.78 is 4.56. The van der Waals surface area contributed by atoms with Crippen molar-refractivity contribution in [3.63, 3.8) is 0 Å². The van der Waals surface area contributed by atoms with E-state index < -0.39 is 33.6 Å². The second kappa shape index (κ2) is 7.63. The van der Waals surface area contributed by atoms with Gasteiger partial charge in [-0.1, -0.05) is 18.2 Å². The van der Waals surface area contributed by atoms with Crippen molar-refractivity contribution in [2.75, 3.05) is 7.11 Å². The molecule has 0 aromatic heterocycles. The fourth-order valence-electron chi connectivity index (χ4n) is 4.65. The zero-order valence-electron chi connectivity index (χ0n) is 17.2. The number of carbonyl (C=O) groups is 3. The molecule has 2 aromatic carbocycles. The molecule has 0 radical (unpaired) electrons. The molecule has 0 saturated heterocycles. The van der Waals surface area contributed by atoms with E-state index in [1.54, 1.807) is 18.2 Å². The number of hydrogen-bond acceptors (Lipinski definition) is 7. The zero-order chi connectivity index (χ0) is 23.1. The minimum atomic E-state index is -0.735. The molecule has 3 N–H and O–H groups in total. The Labute approximate surface area is 182 Å². The van der Waals surface area contributed by atoms with Crippen molar-refractivity contribution in [1.29, 1.82) is 0 Å². The molecule has 3 fully saturated rings. The van der Waals surface area contributed by atoms with Gasteiger partial charge in [0.1, 0.15) is 11.3 Å². The van der Waals surface area contributed by atoms with E-state index in [1.807, 2.05) is 0 Å². The smallest absolute Gasteiger partial charge is 0.338 e. The standard InChI is InChI=1S/C22H21N3O7/c1-32-20(29)14-6-7-15(16(8-14)25(30)31)19(28)24-22-10-21(11-22,12-22)23-18(27)9-13-4-2-3-5-17(13)26/h2-8,26H,9-12H2,1H3,(H,23,27)(H,24,28). The van der Waals surface area contributed by atoms with Crippen LogP contribution in [0.25, 0.3) is 0 Å². The third-order valence-corrected chi connectivity index (χ3v) is 6.02. The number of phenolic OH excluding ortho intramolecular Hbond substituents is 1. The average Bonchev–Trinajstić information content (AvgIpc) is 2.71. The van der Waals surface area contributed by atoms with Crippen LogP contribution in [-0.4, -0.2) is 46.0 Å². The minimum absolute atomic E-state index is 0.0209. The molecule has 5 rings (SSSR count). The first kappa shape index (κ1) is 21.3. The molecule has 2 aromatic rings. The van der Waals surface area contributed by atoms with Gasteiger partial charge in [-0.15, -0.1) is 0 Å². The van der Waals surface area contributed by atoms with Crippen molar-refractivity contribution in [3.8, 4) is 5.75 Å². The van der Waals surface area contributed by atoms with Gasteiger partial charge in [0, 0.05) is 22.7 Å². The Morgan fingerprint density at radius 1 is 1.09 bits per heavy atom. The van der Waals surface area contributed by atoms with Crippen LogP contribution < -0.4 is 10.6 Å². The van der Waals surface area contributed by atoms with E-state index in [9.17, 15) is 29.6 Å². The van der Waals surface area contributed by atoms with Gasteiger partial charge in [0.05, 0.1) is 24.0 Å². The number of para-hydroxylation sites is 1. The van der Waals surface area contributed by atoms with Crippen LogP contribution in [0, 0.1) is 10.1 Å². The molecule has 3 aliphatic carbocycles. The predicted octanol–water partition coefficient (Wildman–Crippen LogP) is 1.85. The molecule has 0 heterocycles. The number of nitro groups is 1. The first-order valence-corrected chi connectivity index (χ1v) is 9.93. The third kappa shape index (κ3) is 3.75. The zero-order valence-corrected chi connectivity index (χ0v) is 17.2. The Morgan fingerprint density at radius 2 is 1.75 bits per heavy atom. The van der Waals surface area contributed by atoms with Crippen molar-refractivity contribution in [2.45, 2.75) is 36.8 Å². The number of aromatic hydroxyl groups is 1. The molecular formula is C22H21N3O7. The molecule has 10 heteroatoms. The first-order valence-electron chi connectivity index (χ1n) is 9.93. The number of esters is 1. The van der Waals surface area contributed by atoms with Crippen molar-refractivity contribution in [1.82, 2.24) is 10.6 Å². The molecule has 166 valence electrons.